The predicted octanol–water partition coefficient (Wildman–Crippen LogP) is 3.13. The van der Waals surface area contributed by atoms with Gasteiger partial charge in [-0.15, -0.1) is 0 Å². The minimum absolute atomic E-state index is 0.0613. The summed E-state index contributed by atoms with van der Waals surface area (Å²) < 4.78 is 5.22. The largest absolute Gasteiger partial charge is 0.497 e. The molecule has 0 aliphatic rings. The number of fused-ring (bicyclic) bond motifs is 1. The standard InChI is InChI=1S/C15H17NO3/c1-9(6-15(17)18)12-7-10(2)16-14-5-4-11(19-3)8-13(12)14/h4-5,7-9H,6H2,1-3H3,(H,17,18). The van der Waals surface area contributed by atoms with E-state index in [9.17, 15) is 4.79 Å². The number of pyridine rings is 1. The third-order valence-electron chi connectivity index (χ3n) is 3.19. The molecule has 0 bridgehead atoms. The number of aryl methyl sites for hydroxylation is 1. The van der Waals surface area contributed by atoms with Gasteiger partial charge in [-0.25, -0.2) is 0 Å². The average Bonchev–Trinajstić information content (AvgIpc) is 2.36. The van der Waals surface area contributed by atoms with Gasteiger partial charge in [0.15, 0.2) is 0 Å². The number of nitrogens with zero attached hydrogens (tertiary/aromatic N) is 1. The van der Waals surface area contributed by atoms with Gasteiger partial charge in [-0.05, 0) is 42.7 Å². The Hall–Kier alpha value is -2.10. The highest BCUT2D eigenvalue weighted by molar-refractivity contribution is 5.85. The summed E-state index contributed by atoms with van der Waals surface area (Å²) in [5.74, 6) is -0.103. The number of benzene rings is 1. The Morgan fingerprint density at radius 3 is 2.79 bits per heavy atom. The molecule has 1 unspecified atom stereocenters. The fourth-order valence-corrected chi connectivity index (χ4v) is 2.28. The number of hydrogen-bond acceptors (Lipinski definition) is 3. The van der Waals surface area contributed by atoms with Crippen molar-refractivity contribution < 1.29 is 14.6 Å². The van der Waals surface area contributed by atoms with Crippen molar-refractivity contribution in [1.29, 1.82) is 0 Å². The molecule has 1 aromatic carbocycles. The molecule has 100 valence electrons. The summed E-state index contributed by atoms with van der Waals surface area (Å²) in [6.07, 6.45) is 0.107. The van der Waals surface area contributed by atoms with Crippen LogP contribution >= 0.6 is 0 Å². The number of aliphatic carboxylic acids is 1. The van der Waals surface area contributed by atoms with Crippen LogP contribution in [0.25, 0.3) is 10.9 Å². The number of ether oxygens (including phenoxy) is 1. The fraction of sp³-hybridized carbons (Fsp3) is 0.333. The van der Waals surface area contributed by atoms with Gasteiger partial charge >= 0.3 is 5.97 Å². The van der Waals surface area contributed by atoms with E-state index in [0.717, 1.165) is 27.9 Å². The SMILES string of the molecule is COc1ccc2nc(C)cc(C(C)CC(=O)O)c2c1. The van der Waals surface area contributed by atoms with Crippen molar-refractivity contribution in [3.8, 4) is 5.75 Å². The highest BCUT2D eigenvalue weighted by atomic mass is 16.5. The Kier molecular flexibility index (Phi) is 3.69. The van der Waals surface area contributed by atoms with E-state index in [0.29, 0.717) is 0 Å². The molecule has 0 amide bonds. The van der Waals surface area contributed by atoms with Crippen molar-refractivity contribution in [2.75, 3.05) is 7.11 Å². The molecular formula is C15H17NO3. The molecule has 4 nitrogen and oxygen atoms in total. The first-order valence-electron chi connectivity index (χ1n) is 6.18. The number of methoxy groups -OCH3 is 1. The van der Waals surface area contributed by atoms with Gasteiger partial charge in [0.25, 0.3) is 0 Å². The van der Waals surface area contributed by atoms with Gasteiger partial charge < -0.3 is 9.84 Å². The second-order valence-corrected chi connectivity index (χ2v) is 4.73. The molecule has 1 aromatic heterocycles. The zero-order valence-electron chi connectivity index (χ0n) is 11.3. The third kappa shape index (κ3) is 2.84. The third-order valence-corrected chi connectivity index (χ3v) is 3.19. The molecule has 1 heterocycles. The highest BCUT2D eigenvalue weighted by Gasteiger charge is 2.15. The van der Waals surface area contributed by atoms with Gasteiger partial charge in [-0.1, -0.05) is 6.92 Å². The van der Waals surface area contributed by atoms with Crippen molar-refractivity contribution in [2.45, 2.75) is 26.2 Å². The molecule has 2 aromatic rings. The van der Waals surface area contributed by atoms with Crippen molar-refractivity contribution in [3.05, 3.63) is 35.5 Å². The van der Waals surface area contributed by atoms with E-state index in [4.69, 9.17) is 9.84 Å². The van der Waals surface area contributed by atoms with Gasteiger partial charge in [0.2, 0.25) is 0 Å². The molecule has 0 saturated heterocycles. The molecule has 1 N–H and O–H groups in total. The molecule has 0 radical (unpaired) electrons. The number of aromatic nitrogens is 1. The van der Waals surface area contributed by atoms with Gasteiger partial charge in [-0.3, -0.25) is 9.78 Å². The van der Waals surface area contributed by atoms with Crippen molar-refractivity contribution in [1.82, 2.24) is 4.98 Å². The normalized spacial score (nSPS) is 12.4. The molecule has 0 aliphatic heterocycles. The van der Waals surface area contributed by atoms with Crippen LogP contribution in [0.2, 0.25) is 0 Å². The van der Waals surface area contributed by atoms with Crippen molar-refractivity contribution in [2.24, 2.45) is 0 Å². The van der Waals surface area contributed by atoms with Crippen LogP contribution in [0.4, 0.5) is 0 Å². The van der Waals surface area contributed by atoms with Crippen LogP contribution in [0, 0.1) is 6.92 Å². The first-order valence-corrected chi connectivity index (χ1v) is 6.18. The Bertz CT molecular complexity index is 622. The van der Waals surface area contributed by atoms with Crippen LogP contribution in [-0.2, 0) is 4.79 Å². The summed E-state index contributed by atoms with van der Waals surface area (Å²) in [5, 5.41) is 9.90. The average molecular weight is 259 g/mol. The van der Waals surface area contributed by atoms with E-state index < -0.39 is 5.97 Å². The summed E-state index contributed by atoms with van der Waals surface area (Å²) in [5.41, 5.74) is 2.77. The minimum atomic E-state index is -0.794. The summed E-state index contributed by atoms with van der Waals surface area (Å²) in [7, 11) is 1.61. The Morgan fingerprint density at radius 2 is 2.16 bits per heavy atom. The zero-order chi connectivity index (χ0) is 14.0. The van der Waals surface area contributed by atoms with Gasteiger partial charge in [0.1, 0.15) is 5.75 Å². The first-order chi connectivity index (χ1) is 9.01. The minimum Gasteiger partial charge on any atom is -0.497 e. The Labute approximate surface area is 112 Å². The monoisotopic (exact) mass is 259 g/mol. The molecule has 0 spiro atoms. The second-order valence-electron chi connectivity index (χ2n) is 4.73. The van der Waals surface area contributed by atoms with E-state index >= 15 is 0 Å². The molecule has 0 saturated carbocycles. The fourth-order valence-electron chi connectivity index (χ4n) is 2.28. The van der Waals surface area contributed by atoms with Crippen LogP contribution in [-0.4, -0.2) is 23.2 Å². The van der Waals surface area contributed by atoms with Crippen LogP contribution < -0.4 is 4.74 Å². The summed E-state index contributed by atoms with van der Waals surface area (Å²) in [6, 6.07) is 7.63. The van der Waals surface area contributed by atoms with Crippen molar-refractivity contribution >= 4 is 16.9 Å². The quantitative estimate of drug-likeness (QED) is 0.916. The molecule has 2 rings (SSSR count). The molecule has 1 atom stereocenters. The van der Waals surface area contributed by atoms with Crippen LogP contribution in [0.3, 0.4) is 0 Å². The lowest BCUT2D eigenvalue weighted by molar-refractivity contribution is -0.137. The Balaban J connectivity index is 2.59. The molecule has 0 aliphatic carbocycles. The number of carbonyl (C=O) groups is 1. The lowest BCUT2D eigenvalue weighted by Gasteiger charge is -2.14. The number of carboxylic acids is 1. The lowest BCUT2D eigenvalue weighted by atomic mass is 9.93. The van der Waals surface area contributed by atoms with Crippen molar-refractivity contribution in [3.63, 3.8) is 0 Å². The zero-order valence-corrected chi connectivity index (χ0v) is 11.3. The van der Waals surface area contributed by atoms with Crippen LogP contribution in [0.15, 0.2) is 24.3 Å². The Morgan fingerprint density at radius 1 is 1.42 bits per heavy atom. The first kappa shape index (κ1) is 13.3. The lowest BCUT2D eigenvalue weighted by Crippen LogP contribution is -2.04. The van der Waals surface area contributed by atoms with E-state index in [-0.39, 0.29) is 12.3 Å². The maximum absolute atomic E-state index is 10.9. The summed E-state index contributed by atoms with van der Waals surface area (Å²) in [6.45, 7) is 3.84. The predicted molar refractivity (Wildman–Crippen MR) is 73.7 cm³/mol. The van der Waals surface area contributed by atoms with E-state index in [1.165, 1.54) is 0 Å². The summed E-state index contributed by atoms with van der Waals surface area (Å²) in [4.78, 5) is 15.4. The van der Waals surface area contributed by atoms with Crippen LogP contribution in [0.5, 0.6) is 5.75 Å². The maximum Gasteiger partial charge on any atom is 0.303 e. The molecule has 0 fully saturated rings. The number of carboxylic acid groups (broad SMARTS) is 1. The van der Waals surface area contributed by atoms with E-state index in [1.54, 1.807) is 7.11 Å². The van der Waals surface area contributed by atoms with Gasteiger partial charge in [0.05, 0.1) is 19.0 Å². The summed E-state index contributed by atoms with van der Waals surface area (Å²) >= 11 is 0. The smallest absolute Gasteiger partial charge is 0.303 e. The van der Waals surface area contributed by atoms with Gasteiger partial charge in [-0.2, -0.15) is 0 Å². The van der Waals surface area contributed by atoms with E-state index in [2.05, 4.69) is 4.98 Å². The molecule has 19 heavy (non-hydrogen) atoms. The number of hydrogen-bond donors (Lipinski definition) is 1. The second kappa shape index (κ2) is 5.26. The molecular weight excluding hydrogens is 242 g/mol. The van der Waals surface area contributed by atoms with Gasteiger partial charge in [0, 0.05) is 11.1 Å². The van der Waals surface area contributed by atoms with E-state index in [1.807, 2.05) is 38.1 Å². The highest BCUT2D eigenvalue weighted by Crippen LogP contribution is 2.30. The number of rotatable bonds is 4. The maximum atomic E-state index is 10.9. The molecule has 4 heteroatoms. The van der Waals surface area contributed by atoms with Crippen LogP contribution in [0.1, 0.15) is 30.5 Å². The topological polar surface area (TPSA) is 59.4 Å².